The minimum Gasteiger partial charge on any atom is -0.314 e. The molecule has 0 heterocycles. The second-order valence-electron chi connectivity index (χ2n) is 2.73. The first-order valence-electron chi connectivity index (χ1n) is 5.29. The van der Waals surface area contributed by atoms with Gasteiger partial charge in [0.05, 0.1) is 6.61 Å². The lowest BCUT2D eigenvalue weighted by molar-refractivity contribution is 0.357. The number of hydrogen-bond donors (Lipinski definition) is 0. The Morgan fingerprint density at radius 3 is 2.27 bits per heavy atom. The highest BCUT2D eigenvalue weighted by Crippen LogP contribution is 2.69. The average molecular weight is 288 g/mol. The van der Waals surface area contributed by atoms with Gasteiger partial charge >= 0.3 is 5.77 Å². The Labute approximate surface area is 106 Å². The Bertz CT molecular complexity index is 190. The molecule has 0 rings (SSSR count). The predicted molar refractivity (Wildman–Crippen MR) is 77.4 cm³/mol. The van der Waals surface area contributed by atoms with Gasteiger partial charge in [0, 0.05) is 17.3 Å². The van der Waals surface area contributed by atoms with Gasteiger partial charge in [-0.05, 0) is 19.1 Å². The van der Waals surface area contributed by atoms with Crippen molar-refractivity contribution in [2.24, 2.45) is 0 Å². The molecule has 0 aromatic rings. The molecule has 0 aliphatic carbocycles. The lowest BCUT2D eigenvalue weighted by Gasteiger charge is -2.15. The number of thioether (sulfide) groups is 1. The molecule has 6 heteroatoms. The van der Waals surface area contributed by atoms with Gasteiger partial charge in [0.25, 0.3) is 0 Å². The van der Waals surface area contributed by atoms with E-state index in [0.717, 1.165) is 29.4 Å². The minimum absolute atomic E-state index is 0.544. The molecule has 0 fully saturated rings. The van der Waals surface area contributed by atoms with E-state index in [1.54, 1.807) is 0 Å². The van der Waals surface area contributed by atoms with E-state index in [9.17, 15) is 4.57 Å². The van der Waals surface area contributed by atoms with Gasteiger partial charge in [-0.15, -0.1) is 0 Å². The van der Waals surface area contributed by atoms with E-state index in [4.69, 9.17) is 4.52 Å². The van der Waals surface area contributed by atoms with Crippen molar-refractivity contribution in [3.63, 3.8) is 0 Å². The lowest BCUT2D eigenvalue weighted by atomic mass is 10.6. The Balaban J connectivity index is 3.84. The van der Waals surface area contributed by atoms with Crippen LogP contribution in [0.1, 0.15) is 27.2 Å². The highest BCUT2D eigenvalue weighted by molar-refractivity contribution is 8.89. The fourth-order valence-corrected chi connectivity index (χ4v) is 8.93. The van der Waals surface area contributed by atoms with Gasteiger partial charge in [-0.3, -0.25) is 4.57 Å². The average Bonchev–Trinajstić information content (AvgIpc) is 2.22. The maximum absolute atomic E-state index is 12.2. The van der Waals surface area contributed by atoms with Gasteiger partial charge in [-0.2, -0.15) is 11.8 Å². The third-order valence-corrected chi connectivity index (χ3v) is 10.3. The van der Waals surface area contributed by atoms with E-state index in [1.807, 2.05) is 18.7 Å². The van der Waals surface area contributed by atoms with Crippen LogP contribution in [0.5, 0.6) is 0 Å². The zero-order chi connectivity index (χ0) is 11.6. The molecule has 0 saturated heterocycles. The number of hydrogen-bond acceptors (Lipinski definition) is 5. The van der Waals surface area contributed by atoms with Crippen molar-refractivity contribution < 1.29 is 9.09 Å². The highest BCUT2D eigenvalue weighted by Gasteiger charge is 2.23. The van der Waals surface area contributed by atoms with Gasteiger partial charge in [0.1, 0.15) is 0 Å². The molecule has 0 amide bonds. The Kier molecular flexibility index (Phi) is 11.3. The molecule has 1 atom stereocenters. The van der Waals surface area contributed by atoms with E-state index in [0.29, 0.717) is 6.61 Å². The van der Waals surface area contributed by atoms with Crippen LogP contribution in [0.4, 0.5) is 0 Å². The molecule has 1 unspecified atom stereocenters. The normalized spacial score (nSPS) is 15.1. The summed E-state index contributed by atoms with van der Waals surface area (Å²) in [4.78, 5) is 0. The summed E-state index contributed by atoms with van der Waals surface area (Å²) in [6, 6.07) is 0. The van der Waals surface area contributed by atoms with Crippen LogP contribution in [-0.4, -0.2) is 29.6 Å². The van der Waals surface area contributed by atoms with Crippen molar-refractivity contribution in [2.75, 3.05) is 29.6 Å². The smallest absolute Gasteiger partial charge is 0.313 e. The van der Waals surface area contributed by atoms with Crippen LogP contribution < -0.4 is 0 Å². The Morgan fingerprint density at radius 1 is 1.07 bits per heavy atom. The summed E-state index contributed by atoms with van der Waals surface area (Å²) in [6.45, 7) is 6.69. The summed E-state index contributed by atoms with van der Waals surface area (Å²) in [5, 5.41) is 0. The van der Waals surface area contributed by atoms with Crippen molar-refractivity contribution in [3.05, 3.63) is 0 Å². The van der Waals surface area contributed by atoms with Crippen LogP contribution in [0.15, 0.2) is 0 Å². The third kappa shape index (κ3) is 8.99. The molecular formula is C9H21O2PS3. The summed E-state index contributed by atoms with van der Waals surface area (Å²) >= 11 is 4.88. The molecule has 0 saturated carbocycles. The maximum Gasteiger partial charge on any atom is 0.313 e. The van der Waals surface area contributed by atoms with Gasteiger partial charge in [0.15, 0.2) is 0 Å². The van der Waals surface area contributed by atoms with Crippen LogP contribution in [-0.2, 0) is 9.09 Å². The van der Waals surface area contributed by atoms with Crippen LogP contribution >= 0.6 is 40.3 Å². The summed E-state index contributed by atoms with van der Waals surface area (Å²) in [7, 11) is 0. The van der Waals surface area contributed by atoms with Gasteiger partial charge < -0.3 is 4.52 Å². The van der Waals surface area contributed by atoms with Crippen LogP contribution in [0.25, 0.3) is 0 Å². The van der Waals surface area contributed by atoms with E-state index in [1.165, 1.54) is 22.8 Å². The zero-order valence-electron chi connectivity index (χ0n) is 9.73. The van der Waals surface area contributed by atoms with E-state index < -0.39 is 5.77 Å². The first-order valence-corrected chi connectivity index (χ1v) is 11.3. The third-order valence-electron chi connectivity index (χ3n) is 1.42. The van der Waals surface area contributed by atoms with Crippen molar-refractivity contribution >= 4 is 40.3 Å². The molecule has 0 aliphatic heterocycles. The fraction of sp³-hybridized carbons (Fsp3) is 1.00. The van der Waals surface area contributed by atoms with Crippen molar-refractivity contribution in [2.45, 2.75) is 27.2 Å². The molecule has 0 bridgehead atoms. The topological polar surface area (TPSA) is 26.3 Å². The number of rotatable bonds is 10. The first-order chi connectivity index (χ1) is 7.18. The second kappa shape index (κ2) is 10.4. The van der Waals surface area contributed by atoms with Gasteiger partial charge in [-0.25, -0.2) is 0 Å². The molecule has 0 radical (unpaired) electrons. The Hall–Kier alpha value is 1.24. The largest absolute Gasteiger partial charge is 0.314 e. The van der Waals surface area contributed by atoms with Crippen molar-refractivity contribution in [1.82, 2.24) is 0 Å². The van der Waals surface area contributed by atoms with E-state index in [-0.39, 0.29) is 0 Å². The van der Waals surface area contributed by atoms with Crippen LogP contribution in [0.3, 0.4) is 0 Å². The zero-order valence-corrected chi connectivity index (χ0v) is 13.1. The molecule has 92 valence electrons. The van der Waals surface area contributed by atoms with Gasteiger partial charge in [-0.1, -0.05) is 36.6 Å². The summed E-state index contributed by atoms with van der Waals surface area (Å²) in [6.07, 6.45) is 1.05. The SMILES string of the molecule is CCCSP(=O)(OCC)SCCSCC. The van der Waals surface area contributed by atoms with Crippen LogP contribution in [0.2, 0.25) is 0 Å². The van der Waals surface area contributed by atoms with Crippen LogP contribution in [0, 0.1) is 0 Å². The standard InChI is InChI=1S/C9H21O2PS3/c1-4-7-14-12(10,11-5-2)15-9-8-13-6-3/h4-9H2,1-3H3. The summed E-state index contributed by atoms with van der Waals surface area (Å²) in [5.41, 5.74) is 0. The van der Waals surface area contributed by atoms with E-state index >= 15 is 0 Å². The second-order valence-corrected chi connectivity index (χ2v) is 11.7. The minimum atomic E-state index is -2.46. The first kappa shape index (κ1) is 16.2. The molecule has 0 spiro atoms. The summed E-state index contributed by atoms with van der Waals surface area (Å²) in [5.74, 6) is 1.58. The van der Waals surface area contributed by atoms with Crippen molar-refractivity contribution in [1.29, 1.82) is 0 Å². The molecule has 0 aromatic heterocycles. The lowest BCUT2D eigenvalue weighted by Crippen LogP contribution is -1.89. The van der Waals surface area contributed by atoms with E-state index in [2.05, 4.69) is 13.8 Å². The predicted octanol–water partition coefficient (Wildman–Crippen LogP) is 4.76. The molecule has 15 heavy (non-hydrogen) atoms. The highest BCUT2D eigenvalue weighted by atomic mass is 33.1. The van der Waals surface area contributed by atoms with Gasteiger partial charge in [0.2, 0.25) is 0 Å². The summed E-state index contributed by atoms with van der Waals surface area (Å²) < 4.78 is 17.6. The molecule has 0 N–H and O–H groups in total. The molecule has 0 aromatic carbocycles. The van der Waals surface area contributed by atoms with Crippen molar-refractivity contribution in [3.8, 4) is 0 Å². The fourth-order valence-electron chi connectivity index (χ4n) is 0.825. The maximum atomic E-state index is 12.2. The molecule has 2 nitrogen and oxygen atoms in total. The monoisotopic (exact) mass is 288 g/mol. The molecule has 0 aliphatic rings. The quantitative estimate of drug-likeness (QED) is 0.426. The Morgan fingerprint density at radius 2 is 1.73 bits per heavy atom. The molecular weight excluding hydrogens is 267 g/mol.